The first kappa shape index (κ1) is 22.0. The molecule has 2 aromatic carbocycles. The Morgan fingerprint density at radius 1 is 1.20 bits per heavy atom. The molecule has 1 atom stereocenters. The van der Waals surface area contributed by atoms with Gasteiger partial charge in [-0.2, -0.15) is 0 Å². The van der Waals surface area contributed by atoms with E-state index >= 15 is 0 Å². The van der Waals surface area contributed by atoms with Crippen molar-refractivity contribution in [2.45, 2.75) is 38.6 Å². The van der Waals surface area contributed by atoms with Crippen molar-refractivity contribution in [2.24, 2.45) is 0 Å². The van der Waals surface area contributed by atoms with Crippen molar-refractivity contribution >= 4 is 39.5 Å². The number of imide groups is 1. The van der Waals surface area contributed by atoms with Gasteiger partial charge in [-0.15, -0.1) is 0 Å². The lowest BCUT2D eigenvalue weighted by atomic mass is 9.85. The largest absolute Gasteiger partial charge is 0.325 e. The number of hydrogen-bond acceptors (Lipinski definition) is 3. The summed E-state index contributed by atoms with van der Waals surface area (Å²) in [5, 5.41) is 5.46. The molecule has 2 aromatic rings. The summed E-state index contributed by atoms with van der Waals surface area (Å²) in [6, 6.07) is 10.2. The molecule has 158 valence electrons. The maximum atomic E-state index is 13.4. The van der Waals surface area contributed by atoms with E-state index in [1.165, 1.54) is 24.3 Å². The van der Waals surface area contributed by atoms with Crippen LogP contribution in [0.2, 0.25) is 0 Å². The van der Waals surface area contributed by atoms with Gasteiger partial charge in [-0.05, 0) is 54.8 Å². The van der Waals surface area contributed by atoms with Crippen molar-refractivity contribution in [1.82, 2.24) is 10.2 Å². The molecular formula is C22H23BrFN3O3. The topological polar surface area (TPSA) is 78.5 Å². The predicted molar refractivity (Wildman–Crippen MR) is 115 cm³/mol. The highest BCUT2D eigenvalue weighted by molar-refractivity contribution is 9.10. The van der Waals surface area contributed by atoms with Gasteiger partial charge in [0.25, 0.3) is 5.91 Å². The van der Waals surface area contributed by atoms with Gasteiger partial charge in [0.05, 0.1) is 0 Å². The fourth-order valence-electron chi connectivity index (χ4n) is 3.52. The van der Waals surface area contributed by atoms with Gasteiger partial charge in [-0.25, -0.2) is 9.18 Å². The number of urea groups is 1. The number of aryl methyl sites for hydroxylation is 1. The van der Waals surface area contributed by atoms with E-state index in [9.17, 15) is 18.8 Å². The van der Waals surface area contributed by atoms with E-state index in [1.807, 2.05) is 19.9 Å². The number of rotatable bonds is 7. The van der Waals surface area contributed by atoms with Crippen molar-refractivity contribution in [3.05, 3.63) is 63.9 Å². The lowest BCUT2D eigenvalue weighted by Crippen LogP contribution is -2.44. The predicted octanol–water partition coefficient (Wildman–Crippen LogP) is 4.47. The Morgan fingerprint density at radius 2 is 1.90 bits per heavy atom. The van der Waals surface area contributed by atoms with Gasteiger partial charge >= 0.3 is 6.03 Å². The van der Waals surface area contributed by atoms with Gasteiger partial charge in [-0.3, -0.25) is 14.5 Å². The Kier molecular flexibility index (Phi) is 6.55. The second-order valence-electron chi connectivity index (χ2n) is 7.35. The average Bonchev–Trinajstić information content (AvgIpc) is 2.95. The molecule has 1 fully saturated rings. The van der Waals surface area contributed by atoms with Gasteiger partial charge in [0, 0.05) is 10.2 Å². The average molecular weight is 476 g/mol. The minimum absolute atomic E-state index is 0.365. The number of nitrogens with zero attached hydrogens (tertiary/aromatic N) is 1. The number of anilines is 1. The van der Waals surface area contributed by atoms with Gasteiger partial charge < -0.3 is 10.6 Å². The molecule has 6 nitrogen and oxygen atoms in total. The molecule has 1 aliphatic rings. The van der Waals surface area contributed by atoms with Gasteiger partial charge in [0.15, 0.2) is 0 Å². The first-order chi connectivity index (χ1) is 14.3. The molecule has 1 saturated heterocycles. The number of carbonyl (C=O) groups excluding carboxylic acids is 3. The van der Waals surface area contributed by atoms with Crippen LogP contribution in [0.1, 0.15) is 37.3 Å². The van der Waals surface area contributed by atoms with E-state index < -0.39 is 35.7 Å². The molecule has 0 bridgehead atoms. The summed E-state index contributed by atoms with van der Waals surface area (Å²) in [6.45, 7) is 3.46. The van der Waals surface area contributed by atoms with E-state index in [0.29, 0.717) is 24.1 Å². The van der Waals surface area contributed by atoms with E-state index in [1.54, 1.807) is 12.1 Å². The molecule has 0 aliphatic carbocycles. The minimum Gasteiger partial charge on any atom is -0.325 e. The van der Waals surface area contributed by atoms with Crippen LogP contribution in [-0.4, -0.2) is 29.3 Å². The third-order valence-corrected chi connectivity index (χ3v) is 6.05. The van der Waals surface area contributed by atoms with Gasteiger partial charge in [0.1, 0.15) is 17.9 Å². The highest BCUT2D eigenvalue weighted by Gasteiger charge is 2.52. The first-order valence-corrected chi connectivity index (χ1v) is 10.5. The fourth-order valence-corrected chi connectivity index (χ4v) is 3.77. The van der Waals surface area contributed by atoms with Gasteiger partial charge in [-0.1, -0.05) is 47.8 Å². The summed E-state index contributed by atoms with van der Waals surface area (Å²) >= 11 is 3.40. The van der Waals surface area contributed by atoms with Crippen molar-refractivity contribution < 1.29 is 18.8 Å². The second kappa shape index (κ2) is 8.95. The lowest BCUT2D eigenvalue weighted by molar-refractivity contribution is -0.134. The van der Waals surface area contributed by atoms with Crippen molar-refractivity contribution in [2.75, 3.05) is 11.9 Å². The second-order valence-corrected chi connectivity index (χ2v) is 8.20. The Bertz CT molecular complexity index is 980. The third-order valence-electron chi connectivity index (χ3n) is 5.16. The van der Waals surface area contributed by atoms with Gasteiger partial charge in [0.2, 0.25) is 5.91 Å². The minimum atomic E-state index is -1.30. The van der Waals surface area contributed by atoms with Crippen LogP contribution in [0, 0.1) is 12.7 Å². The zero-order valence-electron chi connectivity index (χ0n) is 16.8. The standard InChI is InChI=1S/C22H23BrFN3O3/c1-3-4-11-22(15-5-7-16(24)8-6-15)20(29)27(21(30)26-22)13-19(28)25-17-9-10-18(23)14(2)12-17/h5-10,12H,3-4,11,13H2,1-2H3,(H,25,28)(H,26,30). The molecule has 1 heterocycles. The smallest absolute Gasteiger partial charge is 0.325 e. The fraction of sp³-hybridized carbons (Fsp3) is 0.318. The summed E-state index contributed by atoms with van der Waals surface area (Å²) in [5.41, 5.74) is 0.721. The number of halogens is 2. The third kappa shape index (κ3) is 4.38. The van der Waals surface area contributed by atoms with E-state index in [2.05, 4.69) is 26.6 Å². The zero-order chi connectivity index (χ0) is 21.9. The molecule has 0 saturated carbocycles. The van der Waals surface area contributed by atoms with E-state index in [-0.39, 0.29) is 0 Å². The summed E-state index contributed by atoms with van der Waals surface area (Å²) in [6.07, 6.45) is 1.86. The maximum Gasteiger partial charge on any atom is 0.325 e. The monoisotopic (exact) mass is 475 g/mol. The number of benzene rings is 2. The molecule has 8 heteroatoms. The number of carbonyl (C=O) groups is 3. The quantitative estimate of drug-likeness (QED) is 0.579. The Labute approximate surface area is 183 Å². The Morgan fingerprint density at radius 3 is 2.53 bits per heavy atom. The molecule has 1 aliphatic heterocycles. The molecule has 0 aromatic heterocycles. The maximum absolute atomic E-state index is 13.4. The van der Waals surface area contributed by atoms with Crippen LogP contribution in [0.15, 0.2) is 46.9 Å². The van der Waals surface area contributed by atoms with Crippen LogP contribution >= 0.6 is 15.9 Å². The Hall–Kier alpha value is -2.74. The summed E-state index contributed by atoms with van der Waals surface area (Å²) in [7, 11) is 0. The van der Waals surface area contributed by atoms with Crippen LogP contribution in [-0.2, 0) is 15.1 Å². The highest BCUT2D eigenvalue weighted by Crippen LogP contribution is 2.34. The summed E-state index contributed by atoms with van der Waals surface area (Å²) in [5.74, 6) is -1.41. The lowest BCUT2D eigenvalue weighted by Gasteiger charge is -2.27. The van der Waals surface area contributed by atoms with Crippen LogP contribution in [0.25, 0.3) is 0 Å². The zero-order valence-corrected chi connectivity index (χ0v) is 18.4. The van der Waals surface area contributed by atoms with Crippen LogP contribution in [0.4, 0.5) is 14.9 Å². The summed E-state index contributed by atoms with van der Waals surface area (Å²) < 4.78 is 14.3. The molecule has 0 spiro atoms. The molecule has 1 unspecified atom stereocenters. The Balaban J connectivity index is 1.81. The number of unbranched alkanes of at least 4 members (excludes halogenated alkanes) is 1. The van der Waals surface area contributed by atoms with Crippen LogP contribution in [0.5, 0.6) is 0 Å². The van der Waals surface area contributed by atoms with Crippen LogP contribution < -0.4 is 10.6 Å². The first-order valence-electron chi connectivity index (χ1n) is 9.73. The SMILES string of the molecule is CCCCC1(c2ccc(F)cc2)NC(=O)N(CC(=O)Nc2ccc(Br)c(C)c2)C1=O. The van der Waals surface area contributed by atoms with Crippen molar-refractivity contribution in [1.29, 1.82) is 0 Å². The molecular weight excluding hydrogens is 453 g/mol. The van der Waals surface area contributed by atoms with E-state index in [4.69, 9.17) is 0 Å². The van der Waals surface area contributed by atoms with Crippen molar-refractivity contribution in [3.63, 3.8) is 0 Å². The molecule has 3 rings (SSSR count). The molecule has 4 amide bonds. The van der Waals surface area contributed by atoms with Crippen molar-refractivity contribution in [3.8, 4) is 0 Å². The highest BCUT2D eigenvalue weighted by atomic mass is 79.9. The molecule has 2 N–H and O–H groups in total. The summed E-state index contributed by atoms with van der Waals surface area (Å²) in [4.78, 5) is 39.3. The normalized spacial score (nSPS) is 18.5. The van der Waals surface area contributed by atoms with Crippen LogP contribution in [0.3, 0.4) is 0 Å². The number of nitrogens with one attached hydrogen (secondary N) is 2. The van der Waals surface area contributed by atoms with E-state index in [0.717, 1.165) is 21.4 Å². The number of hydrogen-bond donors (Lipinski definition) is 2. The molecule has 0 radical (unpaired) electrons. The molecule has 30 heavy (non-hydrogen) atoms. The number of amides is 4.